The van der Waals surface area contributed by atoms with Crippen LogP contribution in [0.2, 0.25) is 0 Å². The van der Waals surface area contributed by atoms with Gasteiger partial charge in [-0.15, -0.1) is 0 Å². The van der Waals surface area contributed by atoms with E-state index in [4.69, 9.17) is 10.5 Å². The molecule has 0 aromatic carbocycles. The van der Waals surface area contributed by atoms with Crippen LogP contribution in [-0.2, 0) is 16.1 Å². The fourth-order valence-electron chi connectivity index (χ4n) is 1.14. The van der Waals surface area contributed by atoms with Gasteiger partial charge in [0.1, 0.15) is 12.2 Å². The largest absolute Gasteiger partial charge is 0.465 e. The molecule has 1 heterocycles. The SMILES string of the molecule is CCOC(=O)Cn1nc(C)cc(N)c1=O. The zero-order valence-corrected chi connectivity index (χ0v) is 8.69. The quantitative estimate of drug-likeness (QED) is 0.693. The molecular weight excluding hydrogens is 198 g/mol. The standard InChI is InChI=1S/C9H13N3O3/c1-3-15-8(13)5-12-9(14)7(10)4-6(2)11-12/h4H,3,5,10H2,1-2H3. The molecule has 82 valence electrons. The molecule has 0 aliphatic rings. The number of carbonyl (C=O) groups excluding carboxylic acids is 1. The fourth-order valence-corrected chi connectivity index (χ4v) is 1.14. The molecular formula is C9H13N3O3. The number of carbonyl (C=O) groups is 1. The Morgan fingerprint density at radius 1 is 1.67 bits per heavy atom. The van der Waals surface area contributed by atoms with Crippen LogP contribution in [0.5, 0.6) is 0 Å². The highest BCUT2D eigenvalue weighted by Crippen LogP contribution is 1.95. The van der Waals surface area contributed by atoms with Crippen molar-refractivity contribution in [3.05, 3.63) is 22.1 Å². The van der Waals surface area contributed by atoms with E-state index in [0.717, 1.165) is 4.68 Å². The van der Waals surface area contributed by atoms with Gasteiger partial charge in [0, 0.05) is 0 Å². The van der Waals surface area contributed by atoms with E-state index in [-0.39, 0.29) is 18.8 Å². The van der Waals surface area contributed by atoms with E-state index in [0.29, 0.717) is 5.69 Å². The second-order valence-electron chi connectivity index (χ2n) is 3.01. The normalized spacial score (nSPS) is 10.0. The maximum atomic E-state index is 11.4. The van der Waals surface area contributed by atoms with Crippen molar-refractivity contribution in [3.8, 4) is 0 Å². The number of hydrogen-bond donors (Lipinski definition) is 1. The predicted molar refractivity (Wildman–Crippen MR) is 54.3 cm³/mol. The topological polar surface area (TPSA) is 87.2 Å². The highest BCUT2D eigenvalue weighted by Gasteiger charge is 2.08. The van der Waals surface area contributed by atoms with Gasteiger partial charge in [0.15, 0.2) is 0 Å². The van der Waals surface area contributed by atoms with Crippen LogP contribution in [-0.4, -0.2) is 22.4 Å². The van der Waals surface area contributed by atoms with Crippen LogP contribution in [0.3, 0.4) is 0 Å². The number of nitrogens with zero attached hydrogens (tertiary/aromatic N) is 2. The van der Waals surface area contributed by atoms with Crippen LogP contribution in [0.15, 0.2) is 10.9 Å². The van der Waals surface area contributed by atoms with Crippen LogP contribution >= 0.6 is 0 Å². The third-order valence-electron chi connectivity index (χ3n) is 1.71. The maximum Gasteiger partial charge on any atom is 0.327 e. The summed E-state index contributed by atoms with van der Waals surface area (Å²) < 4.78 is 5.70. The molecule has 0 unspecified atom stereocenters. The Balaban J connectivity index is 2.95. The average Bonchev–Trinajstić information content (AvgIpc) is 2.13. The Bertz CT molecular complexity index is 425. The summed E-state index contributed by atoms with van der Waals surface area (Å²) in [5.41, 5.74) is 5.62. The number of ether oxygens (including phenoxy) is 1. The molecule has 0 bridgehead atoms. The minimum Gasteiger partial charge on any atom is -0.465 e. The summed E-state index contributed by atoms with van der Waals surface area (Å²) in [6.45, 7) is 3.45. The Morgan fingerprint density at radius 3 is 2.93 bits per heavy atom. The van der Waals surface area contributed by atoms with E-state index in [2.05, 4.69) is 5.10 Å². The molecule has 0 saturated heterocycles. The van der Waals surface area contributed by atoms with Crippen molar-refractivity contribution in [2.24, 2.45) is 0 Å². The molecule has 6 nitrogen and oxygen atoms in total. The highest BCUT2D eigenvalue weighted by molar-refractivity contribution is 5.69. The lowest BCUT2D eigenvalue weighted by atomic mass is 10.4. The van der Waals surface area contributed by atoms with Crippen molar-refractivity contribution in [3.63, 3.8) is 0 Å². The van der Waals surface area contributed by atoms with E-state index in [1.165, 1.54) is 6.07 Å². The Hall–Kier alpha value is -1.85. The summed E-state index contributed by atoms with van der Waals surface area (Å²) >= 11 is 0. The van der Waals surface area contributed by atoms with Crippen LogP contribution in [0, 0.1) is 6.92 Å². The van der Waals surface area contributed by atoms with Crippen molar-refractivity contribution in [1.29, 1.82) is 0 Å². The number of esters is 1. The molecule has 6 heteroatoms. The van der Waals surface area contributed by atoms with E-state index in [1.807, 2.05) is 0 Å². The number of anilines is 1. The molecule has 0 atom stereocenters. The number of hydrogen-bond acceptors (Lipinski definition) is 5. The van der Waals surface area contributed by atoms with E-state index >= 15 is 0 Å². The first kappa shape index (κ1) is 11.2. The molecule has 1 aromatic heterocycles. The zero-order valence-electron chi connectivity index (χ0n) is 8.69. The Kier molecular flexibility index (Phi) is 3.43. The fraction of sp³-hybridized carbons (Fsp3) is 0.444. The number of rotatable bonds is 3. The first-order valence-corrected chi connectivity index (χ1v) is 4.54. The first-order valence-electron chi connectivity index (χ1n) is 4.54. The minimum absolute atomic E-state index is 0.0757. The first-order chi connectivity index (χ1) is 7.04. The second kappa shape index (κ2) is 4.59. The summed E-state index contributed by atoms with van der Waals surface area (Å²) in [5.74, 6) is -0.503. The van der Waals surface area contributed by atoms with Crippen molar-refractivity contribution < 1.29 is 9.53 Å². The smallest absolute Gasteiger partial charge is 0.327 e. The molecule has 15 heavy (non-hydrogen) atoms. The number of aryl methyl sites for hydroxylation is 1. The summed E-state index contributed by atoms with van der Waals surface area (Å²) in [6, 6.07) is 1.46. The van der Waals surface area contributed by atoms with Crippen LogP contribution in [0.25, 0.3) is 0 Å². The highest BCUT2D eigenvalue weighted by atomic mass is 16.5. The number of nitrogen functional groups attached to an aromatic ring is 1. The molecule has 0 aliphatic carbocycles. The lowest BCUT2D eigenvalue weighted by Gasteiger charge is -2.05. The lowest BCUT2D eigenvalue weighted by molar-refractivity contribution is -0.144. The van der Waals surface area contributed by atoms with Gasteiger partial charge in [-0.25, -0.2) is 4.68 Å². The van der Waals surface area contributed by atoms with Crippen molar-refractivity contribution in [2.45, 2.75) is 20.4 Å². The van der Waals surface area contributed by atoms with Crippen LogP contribution < -0.4 is 11.3 Å². The van der Waals surface area contributed by atoms with Gasteiger partial charge in [0.2, 0.25) is 0 Å². The van der Waals surface area contributed by atoms with Gasteiger partial charge in [-0.05, 0) is 19.9 Å². The third-order valence-corrected chi connectivity index (χ3v) is 1.71. The molecule has 0 saturated carbocycles. The summed E-state index contributed by atoms with van der Waals surface area (Å²) in [7, 11) is 0. The van der Waals surface area contributed by atoms with E-state index in [1.54, 1.807) is 13.8 Å². The van der Waals surface area contributed by atoms with Gasteiger partial charge in [0.05, 0.1) is 12.3 Å². The van der Waals surface area contributed by atoms with Gasteiger partial charge in [0.25, 0.3) is 5.56 Å². The molecule has 0 fully saturated rings. The average molecular weight is 211 g/mol. The van der Waals surface area contributed by atoms with Gasteiger partial charge in [-0.1, -0.05) is 0 Å². The second-order valence-corrected chi connectivity index (χ2v) is 3.01. The summed E-state index contributed by atoms with van der Waals surface area (Å²) in [5, 5.41) is 3.88. The number of aromatic nitrogens is 2. The monoisotopic (exact) mass is 211 g/mol. The molecule has 1 aromatic rings. The zero-order chi connectivity index (χ0) is 11.4. The van der Waals surface area contributed by atoms with Crippen LogP contribution in [0.4, 0.5) is 5.69 Å². The van der Waals surface area contributed by atoms with Gasteiger partial charge in [-0.3, -0.25) is 9.59 Å². The third kappa shape index (κ3) is 2.80. The molecule has 0 aliphatic heterocycles. The summed E-state index contributed by atoms with van der Waals surface area (Å²) in [4.78, 5) is 22.6. The van der Waals surface area contributed by atoms with Gasteiger partial charge in [-0.2, -0.15) is 5.10 Å². The molecule has 0 amide bonds. The molecule has 1 rings (SSSR count). The van der Waals surface area contributed by atoms with E-state index < -0.39 is 11.5 Å². The maximum absolute atomic E-state index is 11.4. The number of nitrogens with two attached hydrogens (primary N) is 1. The Labute approximate surface area is 86.7 Å². The Morgan fingerprint density at radius 2 is 2.33 bits per heavy atom. The van der Waals surface area contributed by atoms with Gasteiger partial charge >= 0.3 is 5.97 Å². The predicted octanol–water partition coefficient (Wildman–Crippen LogP) is -0.303. The van der Waals surface area contributed by atoms with Crippen molar-refractivity contribution >= 4 is 11.7 Å². The van der Waals surface area contributed by atoms with Crippen molar-refractivity contribution in [1.82, 2.24) is 9.78 Å². The van der Waals surface area contributed by atoms with E-state index in [9.17, 15) is 9.59 Å². The lowest BCUT2D eigenvalue weighted by Crippen LogP contribution is -2.29. The van der Waals surface area contributed by atoms with Crippen molar-refractivity contribution in [2.75, 3.05) is 12.3 Å². The molecule has 0 radical (unpaired) electrons. The molecule has 2 N–H and O–H groups in total. The van der Waals surface area contributed by atoms with Gasteiger partial charge < -0.3 is 10.5 Å². The summed E-state index contributed by atoms with van der Waals surface area (Å²) in [6.07, 6.45) is 0. The molecule has 0 spiro atoms. The van der Waals surface area contributed by atoms with Crippen LogP contribution in [0.1, 0.15) is 12.6 Å². The minimum atomic E-state index is -0.503.